The number of rotatable bonds is 5. The molecule has 0 aromatic carbocycles. The molecule has 0 saturated carbocycles. The van der Waals surface area contributed by atoms with Crippen molar-refractivity contribution in [3.05, 3.63) is 18.0 Å². The maximum Gasteiger partial charge on any atom is 0.193 e. The summed E-state index contributed by atoms with van der Waals surface area (Å²) in [6, 6.07) is 0. The van der Waals surface area contributed by atoms with Crippen LogP contribution in [-0.2, 0) is 7.05 Å². The number of hydrogen-bond acceptors (Lipinski definition) is 4. The van der Waals surface area contributed by atoms with Gasteiger partial charge in [-0.3, -0.25) is 9.67 Å². The number of likely N-dealkylation sites (tertiary alicyclic amines) is 1. The highest BCUT2D eigenvalue weighted by molar-refractivity contribution is 5.80. The normalized spacial score (nSPS) is 24.2. The summed E-state index contributed by atoms with van der Waals surface area (Å²) in [4.78, 5) is 11.9. The molecule has 26 heavy (non-hydrogen) atoms. The topological polar surface area (TPSA) is 51.9 Å². The quantitative estimate of drug-likeness (QED) is 0.617. The summed E-state index contributed by atoms with van der Waals surface area (Å²) >= 11 is 0. The molecule has 2 aliphatic heterocycles. The molecule has 0 spiro atoms. The van der Waals surface area contributed by atoms with Gasteiger partial charge in [0, 0.05) is 78.6 Å². The molecule has 3 heterocycles. The van der Waals surface area contributed by atoms with Crippen molar-refractivity contribution in [1.82, 2.24) is 29.8 Å². The Balaban J connectivity index is 1.43. The highest BCUT2D eigenvalue weighted by Crippen LogP contribution is 2.26. The smallest absolute Gasteiger partial charge is 0.193 e. The third-order valence-electron chi connectivity index (χ3n) is 5.67. The lowest BCUT2D eigenvalue weighted by Gasteiger charge is -2.34. The Morgan fingerprint density at radius 1 is 1.27 bits per heavy atom. The van der Waals surface area contributed by atoms with Crippen LogP contribution >= 0.6 is 0 Å². The highest BCUT2D eigenvalue weighted by atomic mass is 15.3. The number of hydrogen-bond donors (Lipinski definition) is 1. The molecule has 0 radical (unpaired) electrons. The zero-order chi connectivity index (χ0) is 18.5. The number of guanidine groups is 1. The lowest BCUT2D eigenvalue weighted by molar-refractivity contribution is 0.139. The van der Waals surface area contributed by atoms with Crippen LogP contribution < -0.4 is 5.32 Å². The molecule has 0 bridgehead atoms. The van der Waals surface area contributed by atoms with Gasteiger partial charge < -0.3 is 20.0 Å². The Morgan fingerprint density at radius 2 is 2.04 bits per heavy atom. The van der Waals surface area contributed by atoms with E-state index in [1.807, 2.05) is 25.0 Å². The van der Waals surface area contributed by atoms with Crippen molar-refractivity contribution >= 4 is 5.96 Å². The van der Waals surface area contributed by atoms with Crippen molar-refractivity contribution in [2.75, 3.05) is 66.5 Å². The first-order valence-electron chi connectivity index (χ1n) is 9.90. The largest absolute Gasteiger partial charge is 0.356 e. The Labute approximate surface area is 158 Å². The van der Waals surface area contributed by atoms with E-state index >= 15 is 0 Å². The van der Waals surface area contributed by atoms with Crippen molar-refractivity contribution in [3.63, 3.8) is 0 Å². The van der Waals surface area contributed by atoms with Crippen LogP contribution in [0.1, 0.15) is 24.8 Å². The van der Waals surface area contributed by atoms with E-state index in [1.54, 1.807) is 0 Å². The molecule has 2 saturated heterocycles. The molecule has 2 fully saturated rings. The molecule has 0 aliphatic carbocycles. The summed E-state index contributed by atoms with van der Waals surface area (Å²) in [7, 11) is 6.09. The van der Waals surface area contributed by atoms with Gasteiger partial charge in [0.2, 0.25) is 0 Å². The Morgan fingerprint density at radius 3 is 2.69 bits per heavy atom. The molecule has 2 aliphatic rings. The molecule has 3 rings (SSSR count). The first-order chi connectivity index (χ1) is 12.5. The van der Waals surface area contributed by atoms with Crippen molar-refractivity contribution in [2.45, 2.75) is 19.3 Å². The van der Waals surface area contributed by atoms with E-state index in [4.69, 9.17) is 0 Å². The van der Waals surface area contributed by atoms with Gasteiger partial charge in [0.25, 0.3) is 0 Å². The molecule has 7 nitrogen and oxygen atoms in total. The Kier molecular flexibility index (Phi) is 6.53. The van der Waals surface area contributed by atoms with Crippen LogP contribution in [0.4, 0.5) is 0 Å². The second-order valence-electron chi connectivity index (χ2n) is 8.02. The van der Waals surface area contributed by atoms with Gasteiger partial charge in [0.15, 0.2) is 5.96 Å². The van der Waals surface area contributed by atoms with Crippen LogP contribution in [0.2, 0.25) is 0 Å². The van der Waals surface area contributed by atoms with Gasteiger partial charge in [-0.2, -0.15) is 5.10 Å². The van der Waals surface area contributed by atoms with E-state index in [0.29, 0.717) is 11.8 Å². The molecule has 7 heteroatoms. The molecule has 1 aromatic rings. The number of piperazine rings is 1. The number of nitrogens with zero attached hydrogens (tertiary/aromatic N) is 6. The lowest BCUT2D eigenvalue weighted by atomic mass is 10.0. The maximum atomic E-state index is 4.52. The van der Waals surface area contributed by atoms with Gasteiger partial charge in [0.1, 0.15) is 0 Å². The molecular weight excluding hydrogens is 326 g/mol. The summed E-state index contributed by atoms with van der Waals surface area (Å²) in [6.45, 7) is 11.3. The average molecular weight is 362 g/mol. The van der Waals surface area contributed by atoms with Gasteiger partial charge in [-0.1, -0.05) is 6.92 Å². The highest BCUT2D eigenvalue weighted by Gasteiger charge is 2.27. The molecular formula is C19H35N7. The molecule has 0 amide bonds. The van der Waals surface area contributed by atoms with Gasteiger partial charge in [-0.15, -0.1) is 0 Å². The van der Waals surface area contributed by atoms with Crippen molar-refractivity contribution < 1.29 is 0 Å². The number of nitrogens with one attached hydrogen (secondary N) is 1. The van der Waals surface area contributed by atoms with Crippen molar-refractivity contribution in [3.8, 4) is 0 Å². The van der Waals surface area contributed by atoms with Gasteiger partial charge in [-0.05, 0) is 24.9 Å². The Bertz CT molecular complexity index is 588. The number of aryl methyl sites for hydroxylation is 1. The molecule has 2 atom stereocenters. The first kappa shape index (κ1) is 19.2. The van der Waals surface area contributed by atoms with Crippen LogP contribution in [0.3, 0.4) is 0 Å². The third-order valence-corrected chi connectivity index (χ3v) is 5.67. The van der Waals surface area contributed by atoms with Crippen LogP contribution in [-0.4, -0.2) is 96.9 Å². The minimum atomic E-state index is 0.560. The Hall–Kier alpha value is -1.60. The van der Waals surface area contributed by atoms with E-state index in [0.717, 1.165) is 32.1 Å². The van der Waals surface area contributed by atoms with Crippen LogP contribution in [0.15, 0.2) is 17.4 Å². The van der Waals surface area contributed by atoms with Crippen LogP contribution in [0, 0.1) is 5.92 Å². The summed E-state index contributed by atoms with van der Waals surface area (Å²) < 4.78 is 1.89. The zero-order valence-corrected chi connectivity index (χ0v) is 16.9. The third kappa shape index (κ3) is 4.98. The minimum Gasteiger partial charge on any atom is -0.356 e. The van der Waals surface area contributed by atoms with E-state index < -0.39 is 0 Å². The van der Waals surface area contributed by atoms with E-state index in [2.05, 4.69) is 50.3 Å². The van der Waals surface area contributed by atoms with E-state index in [9.17, 15) is 0 Å². The molecule has 146 valence electrons. The molecule has 1 N–H and O–H groups in total. The summed E-state index contributed by atoms with van der Waals surface area (Å²) in [5.41, 5.74) is 1.34. The summed E-state index contributed by atoms with van der Waals surface area (Å²) in [5.74, 6) is 2.22. The predicted octanol–water partition coefficient (Wildman–Crippen LogP) is 0.668. The van der Waals surface area contributed by atoms with Gasteiger partial charge >= 0.3 is 0 Å². The average Bonchev–Trinajstić information content (AvgIpc) is 3.27. The van der Waals surface area contributed by atoms with Crippen LogP contribution in [0.25, 0.3) is 0 Å². The summed E-state index contributed by atoms with van der Waals surface area (Å²) in [6.07, 6.45) is 5.31. The van der Waals surface area contributed by atoms with Crippen LogP contribution in [0.5, 0.6) is 0 Å². The lowest BCUT2D eigenvalue weighted by Crippen LogP contribution is -2.48. The predicted molar refractivity (Wildman–Crippen MR) is 107 cm³/mol. The number of likely N-dealkylation sites (N-methyl/N-ethyl adjacent to an activating group) is 1. The fourth-order valence-electron chi connectivity index (χ4n) is 4.01. The second-order valence-corrected chi connectivity index (χ2v) is 8.02. The fourth-order valence-corrected chi connectivity index (χ4v) is 4.01. The fraction of sp³-hybridized carbons (Fsp3) is 0.789. The number of aromatic nitrogens is 2. The molecule has 1 aromatic heterocycles. The van der Waals surface area contributed by atoms with Crippen molar-refractivity contribution in [2.24, 2.45) is 18.0 Å². The SMILES string of the molecule is CN=C(NCC(C)CN1CCN(C)CC1)N1CCC(c2cnn(C)c2)C1. The van der Waals surface area contributed by atoms with E-state index in [1.165, 1.54) is 38.2 Å². The van der Waals surface area contributed by atoms with Crippen molar-refractivity contribution in [1.29, 1.82) is 0 Å². The monoisotopic (exact) mass is 361 g/mol. The van der Waals surface area contributed by atoms with E-state index in [-0.39, 0.29) is 0 Å². The second kappa shape index (κ2) is 8.86. The van der Waals surface area contributed by atoms with Gasteiger partial charge in [-0.25, -0.2) is 0 Å². The number of aliphatic imine (C=N–C) groups is 1. The zero-order valence-electron chi connectivity index (χ0n) is 16.9. The minimum absolute atomic E-state index is 0.560. The summed E-state index contributed by atoms with van der Waals surface area (Å²) in [5, 5.41) is 7.92. The van der Waals surface area contributed by atoms with Gasteiger partial charge in [0.05, 0.1) is 6.20 Å². The molecule has 2 unspecified atom stereocenters. The maximum absolute atomic E-state index is 4.52. The first-order valence-corrected chi connectivity index (χ1v) is 9.90. The standard InChI is InChI=1S/C19H35N7/c1-16(13-25-9-7-23(3)8-10-25)11-21-19(20-2)26-6-5-17(15-26)18-12-22-24(4)14-18/h12,14,16-17H,5-11,13,15H2,1-4H3,(H,20,21).